The van der Waals surface area contributed by atoms with Gasteiger partial charge in [-0.25, -0.2) is 4.98 Å². The van der Waals surface area contributed by atoms with Gasteiger partial charge in [0.25, 0.3) is 0 Å². The summed E-state index contributed by atoms with van der Waals surface area (Å²) in [6.45, 7) is 4.66. The number of nitro groups is 1. The second-order valence-corrected chi connectivity index (χ2v) is 7.07. The van der Waals surface area contributed by atoms with E-state index in [1.165, 1.54) is 37.7 Å². The Kier molecular flexibility index (Phi) is 6.75. The molecule has 3 rings (SSSR count). The number of methoxy groups -OCH3 is 1. The van der Waals surface area contributed by atoms with Crippen LogP contribution in [0.4, 0.5) is 11.5 Å². The number of hydrogen-bond acceptors (Lipinski definition) is 10. The second kappa shape index (κ2) is 9.47. The number of nitrogens with zero attached hydrogens (tertiary/aromatic N) is 4. The van der Waals surface area contributed by atoms with Crippen molar-refractivity contribution < 1.29 is 28.7 Å². The van der Waals surface area contributed by atoms with Crippen LogP contribution in [0.25, 0.3) is 0 Å². The monoisotopic (exact) mass is 430 g/mol. The minimum Gasteiger partial charge on any atom is -0.469 e. The second-order valence-electron chi connectivity index (χ2n) is 7.07. The number of ether oxygens (including phenoxy) is 3. The first-order chi connectivity index (χ1) is 14.8. The molecule has 2 atom stereocenters. The lowest BCUT2D eigenvalue weighted by atomic mass is 10.1. The van der Waals surface area contributed by atoms with Crippen LogP contribution in [-0.2, 0) is 14.3 Å². The van der Waals surface area contributed by atoms with Crippen molar-refractivity contribution in [2.75, 3.05) is 25.1 Å². The van der Waals surface area contributed by atoms with Crippen LogP contribution in [0.1, 0.15) is 30.6 Å². The maximum Gasteiger partial charge on any atom is 0.373 e. The van der Waals surface area contributed by atoms with E-state index >= 15 is 0 Å². The Labute approximate surface area is 178 Å². The number of ketones is 1. The molecule has 0 spiro atoms. The van der Waals surface area contributed by atoms with E-state index in [1.807, 2.05) is 13.8 Å². The molecule has 31 heavy (non-hydrogen) atoms. The van der Waals surface area contributed by atoms with Crippen molar-refractivity contribution >= 4 is 23.3 Å². The number of carbonyl (C=O) groups excluding carboxylic acids is 2. The van der Waals surface area contributed by atoms with Gasteiger partial charge in [0.1, 0.15) is 18.5 Å². The lowest BCUT2D eigenvalue weighted by Gasteiger charge is -2.35. The fourth-order valence-electron chi connectivity index (χ4n) is 3.30. The Morgan fingerprint density at radius 1 is 1.19 bits per heavy atom. The SMILES string of the molecule is COC(=O)CC(=O)c1ccc(Oc2ncnc(N3CC(C)OC(C)C3)c2[N+](=O)[O-])cc1. The zero-order valence-corrected chi connectivity index (χ0v) is 17.3. The molecular weight excluding hydrogens is 408 g/mol. The smallest absolute Gasteiger partial charge is 0.373 e. The third-order valence-corrected chi connectivity index (χ3v) is 4.59. The molecule has 1 aromatic heterocycles. The summed E-state index contributed by atoms with van der Waals surface area (Å²) in [6.07, 6.45) is 0.598. The van der Waals surface area contributed by atoms with E-state index in [1.54, 1.807) is 4.90 Å². The normalized spacial score (nSPS) is 18.4. The van der Waals surface area contributed by atoms with E-state index < -0.39 is 16.7 Å². The lowest BCUT2D eigenvalue weighted by molar-refractivity contribution is -0.385. The topological polar surface area (TPSA) is 134 Å². The van der Waals surface area contributed by atoms with Crippen molar-refractivity contribution in [3.63, 3.8) is 0 Å². The van der Waals surface area contributed by atoms with Crippen molar-refractivity contribution in [3.05, 3.63) is 46.3 Å². The van der Waals surface area contributed by atoms with Gasteiger partial charge in [-0.05, 0) is 38.1 Å². The predicted octanol–water partition coefficient (Wildman–Crippen LogP) is 2.54. The van der Waals surface area contributed by atoms with Gasteiger partial charge >= 0.3 is 17.5 Å². The van der Waals surface area contributed by atoms with Gasteiger partial charge in [-0.3, -0.25) is 19.7 Å². The first kappa shape index (κ1) is 22.1. The maximum absolute atomic E-state index is 12.0. The summed E-state index contributed by atoms with van der Waals surface area (Å²) in [4.78, 5) is 44.3. The fourth-order valence-corrected chi connectivity index (χ4v) is 3.30. The molecule has 0 amide bonds. The standard InChI is InChI=1S/C20H22N4O7/c1-12-9-23(10-13(2)30-12)19-18(24(27)28)20(22-11-21-19)31-15-6-4-14(5-7-15)16(25)8-17(26)29-3/h4-7,11-13H,8-10H2,1-3H3. The van der Waals surface area contributed by atoms with E-state index in [2.05, 4.69) is 14.7 Å². The van der Waals surface area contributed by atoms with E-state index in [0.29, 0.717) is 13.1 Å². The highest BCUT2D eigenvalue weighted by Crippen LogP contribution is 2.37. The molecule has 2 heterocycles. The average Bonchev–Trinajstić information content (AvgIpc) is 2.73. The molecule has 164 valence electrons. The number of anilines is 1. The van der Waals surface area contributed by atoms with Gasteiger partial charge < -0.3 is 19.1 Å². The van der Waals surface area contributed by atoms with Crippen LogP contribution < -0.4 is 9.64 Å². The van der Waals surface area contributed by atoms with Gasteiger partial charge in [-0.15, -0.1) is 0 Å². The largest absolute Gasteiger partial charge is 0.469 e. The Morgan fingerprint density at radius 2 is 1.84 bits per heavy atom. The van der Waals surface area contributed by atoms with Crippen molar-refractivity contribution in [1.82, 2.24) is 9.97 Å². The minimum absolute atomic E-state index is 0.113. The minimum atomic E-state index is -0.638. The lowest BCUT2D eigenvalue weighted by Crippen LogP contribution is -2.46. The summed E-state index contributed by atoms with van der Waals surface area (Å²) in [7, 11) is 1.20. The van der Waals surface area contributed by atoms with Crippen LogP contribution in [0.15, 0.2) is 30.6 Å². The van der Waals surface area contributed by atoms with Gasteiger partial charge in [0.2, 0.25) is 5.82 Å². The van der Waals surface area contributed by atoms with E-state index in [-0.39, 0.29) is 47.3 Å². The highest BCUT2D eigenvalue weighted by molar-refractivity contribution is 6.05. The molecule has 1 aliphatic rings. The molecule has 0 aliphatic carbocycles. The number of esters is 1. The zero-order valence-electron chi connectivity index (χ0n) is 17.3. The molecule has 0 saturated carbocycles. The first-order valence-corrected chi connectivity index (χ1v) is 9.56. The van der Waals surface area contributed by atoms with Crippen LogP contribution in [-0.4, -0.2) is 59.1 Å². The number of benzene rings is 1. The number of Topliss-reactive ketones (excluding diaryl/α,β-unsaturated/α-hetero) is 1. The molecule has 11 heteroatoms. The van der Waals surface area contributed by atoms with E-state index in [9.17, 15) is 19.7 Å². The van der Waals surface area contributed by atoms with E-state index in [4.69, 9.17) is 9.47 Å². The number of rotatable bonds is 7. The molecule has 11 nitrogen and oxygen atoms in total. The molecule has 2 aromatic rings. The molecule has 2 unspecified atom stereocenters. The molecule has 1 saturated heterocycles. The highest BCUT2D eigenvalue weighted by atomic mass is 16.6. The summed E-state index contributed by atoms with van der Waals surface area (Å²) >= 11 is 0. The first-order valence-electron chi connectivity index (χ1n) is 9.56. The van der Waals surface area contributed by atoms with Gasteiger partial charge in [-0.2, -0.15) is 4.98 Å². The van der Waals surface area contributed by atoms with Crippen LogP contribution in [0.2, 0.25) is 0 Å². The highest BCUT2D eigenvalue weighted by Gasteiger charge is 2.32. The molecule has 0 bridgehead atoms. The maximum atomic E-state index is 12.0. The molecule has 1 fully saturated rings. The summed E-state index contributed by atoms with van der Waals surface area (Å²) < 4.78 is 15.8. The number of morpholine rings is 1. The van der Waals surface area contributed by atoms with Crippen molar-refractivity contribution in [1.29, 1.82) is 0 Å². The molecular formula is C20H22N4O7. The zero-order chi connectivity index (χ0) is 22.5. The van der Waals surface area contributed by atoms with Crippen molar-refractivity contribution in [3.8, 4) is 11.6 Å². The molecule has 1 aliphatic heterocycles. The van der Waals surface area contributed by atoms with Gasteiger partial charge in [0.05, 0.1) is 24.2 Å². The fraction of sp³-hybridized carbons (Fsp3) is 0.400. The number of carbonyl (C=O) groups is 2. The molecule has 0 radical (unpaired) electrons. The molecule has 0 N–H and O–H groups in total. The van der Waals surface area contributed by atoms with Crippen LogP contribution >= 0.6 is 0 Å². The third kappa shape index (κ3) is 5.31. The van der Waals surface area contributed by atoms with Gasteiger partial charge in [-0.1, -0.05) is 0 Å². The number of aromatic nitrogens is 2. The molecule has 1 aromatic carbocycles. The quantitative estimate of drug-likeness (QED) is 0.212. The Balaban J connectivity index is 1.84. The van der Waals surface area contributed by atoms with Crippen LogP contribution in [0.5, 0.6) is 11.6 Å². The Bertz CT molecular complexity index is 970. The number of hydrogen-bond donors (Lipinski definition) is 0. The average molecular weight is 430 g/mol. The summed E-state index contributed by atoms with van der Waals surface area (Å²) in [5.41, 5.74) is -0.0680. The van der Waals surface area contributed by atoms with Crippen molar-refractivity contribution in [2.24, 2.45) is 0 Å². The summed E-state index contributed by atoms with van der Waals surface area (Å²) in [5, 5.41) is 11.8. The van der Waals surface area contributed by atoms with Crippen molar-refractivity contribution in [2.45, 2.75) is 32.5 Å². The summed E-state index contributed by atoms with van der Waals surface area (Å²) in [6, 6.07) is 5.85. The third-order valence-electron chi connectivity index (χ3n) is 4.59. The van der Waals surface area contributed by atoms with E-state index in [0.717, 1.165) is 0 Å². The van der Waals surface area contributed by atoms with Gasteiger partial charge in [0.15, 0.2) is 5.78 Å². The van der Waals surface area contributed by atoms with Gasteiger partial charge in [0, 0.05) is 18.7 Å². The Hall–Kier alpha value is -3.60. The Morgan fingerprint density at radius 3 is 2.42 bits per heavy atom. The predicted molar refractivity (Wildman–Crippen MR) is 108 cm³/mol. The summed E-state index contributed by atoms with van der Waals surface area (Å²) in [5.74, 6) is -0.867. The van der Waals surface area contributed by atoms with Crippen LogP contribution in [0, 0.1) is 10.1 Å². The van der Waals surface area contributed by atoms with Crippen LogP contribution in [0.3, 0.4) is 0 Å².